The molecule has 2 nitrogen and oxygen atoms in total. The summed E-state index contributed by atoms with van der Waals surface area (Å²) in [6.07, 6.45) is 6.20. The highest BCUT2D eigenvalue weighted by molar-refractivity contribution is 5.87. The lowest BCUT2D eigenvalue weighted by Gasteiger charge is -2.27. The Morgan fingerprint density at radius 1 is 1.13 bits per heavy atom. The number of hydrogen-bond donors (Lipinski definition) is 0. The van der Waals surface area contributed by atoms with E-state index in [-0.39, 0.29) is 0 Å². The third-order valence-corrected chi connectivity index (χ3v) is 5.36. The molecule has 0 N–H and O–H groups in total. The molecule has 130 valence electrons. The highest BCUT2D eigenvalue weighted by Crippen LogP contribution is 2.44. The van der Waals surface area contributed by atoms with Gasteiger partial charge in [-0.25, -0.2) is 0 Å². The van der Waals surface area contributed by atoms with Crippen molar-refractivity contribution in [2.45, 2.75) is 74.7 Å². The Morgan fingerprint density at radius 3 is 2.04 bits per heavy atom. The molecule has 1 aliphatic carbocycles. The van der Waals surface area contributed by atoms with Crippen LogP contribution in [-0.2, 0) is 9.59 Å². The zero-order valence-electron chi connectivity index (χ0n) is 16.2. The fraction of sp³-hybridized carbons (Fsp3) is 0.714. The molecule has 0 spiro atoms. The van der Waals surface area contributed by atoms with Crippen molar-refractivity contribution in [1.82, 2.24) is 0 Å². The molecular weight excluding hydrogens is 284 g/mol. The van der Waals surface area contributed by atoms with Gasteiger partial charge in [0.05, 0.1) is 0 Å². The van der Waals surface area contributed by atoms with Crippen LogP contribution in [0.1, 0.15) is 74.7 Å². The molecule has 2 heteroatoms. The Balaban J connectivity index is 3.20. The lowest BCUT2D eigenvalue weighted by atomic mass is 9.76. The van der Waals surface area contributed by atoms with Crippen molar-refractivity contribution in [3.63, 3.8) is 0 Å². The second-order valence-electron chi connectivity index (χ2n) is 8.67. The van der Waals surface area contributed by atoms with Crippen molar-refractivity contribution in [2.24, 2.45) is 22.7 Å². The molecule has 23 heavy (non-hydrogen) atoms. The van der Waals surface area contributed by atoms with Crippen LogP contribution in [0.25, 0.3) is 0 Å². The zero-order chi connectivity index (χ0) is 18.0. The molecule has 0 aliphatic heterocycles. The SMILES string of the molecule is CC(=CC(=C(C)C(C)(C)C=O)C1CC1)C(C)(C)C(=O)CC(C)C. The number of ketones is 1. The number of carbonyl (C=O) groups is 2. The lowest BCUT2D eigenvalue weighted by Crippen LogP contribution is -2.27. The summed E-state index contributed by atoms with van der Waals surface area (Å²) in [5.41, 5.74) is 2.62. The van der Waals surface area contributed by atoms with Gasteiger partial charge in [0, 0.05) is 17.3 Å². The summed E-state index contributed by atoms with van der Waals surface area (Å²) in [5.74, 6) is 1.23. The van der Waals surface area contributed by atoms with Crippen molar-refractivity contribution < 1.29 is 9.59 Å². The average molecular weight is 319 g/mol. The summed E-state index contributed by atoms with van der Waals surface area (Å²) in [5, 5.41) is 0. The molecule has 0 atom stereocenters. The second-order valence-corrected chi connectivity index (χ2v) is 8.67. The van der Waals surface area contributed by atoms with Crippen molar-refractivity contribution in [1.29, 1.82) is 0 Å². The summed E-state index contributed by atoms with van der Waals surface area (Å²) in [6, 6.07) is 0. The monoisotopic (exact) mass is 318 g/mol. The zero-order valence-corrected chi connectivity index (χ0v) is 16.2. The highest BCUT2D eigenvalue weighted by atomic mass is 16.1. The van der Waals surface area contributed by atoms with Crippen molar-refractivity contribution in [2.75, 3.05) is 0 Å². The number of aldehydes is 1. The molecule has 0 bridgehead atoms. The summed E-state index contributed by atoms with van der Waals surface area (Å²) in [6.45, 7) is 16.3. The Morgan fingerprint density at radius 2 is 1.65 bits per heavy atom. The van der Waals surface area contributed by atoms with Crippen molar-refractivity contribution >= 4 is 12.1 Å². The van der Waals surface area contributed by atoms with Gasteiger partial charge in [0.1, 0.15) is 12.1 Å². The van der Waals surface area contributed by atoms with E-state index >= 15 is 0 Å². The standard InChI is InChI=1S/C21H34O2/c1-14(2)11-19(23)21(7,8)15(3)12-18(17-9-10-17)16(4)20(5,6)13-22/h12-14,17H,9-11H2,1-8H3. The Hall–Kier alpha value is -1.18. The van der Waals surface area contributed by atoms with Crippen LogP contribution in [0.15, 0.2) is 22.8 Å². The van der Waals surface area contributed by atoms with Crippen molar-refractivity contribution in [3.8, 4) is 0 Å². The van der Waals surface area contributed by atoms with Crippen LogP contribution in [0.2, 0.25) is 0 Å². The van der Waals surface area contributed by atoms with Crippen LogP contribution in [0, 0.1) is 22.7 Å². The molecule has 0 unspecified atom stereocenters. The van der Waals surface area contributed by atoms with E-state index in [0.29, 0.717) is 24.0 Å². The minimum Gasteiger partial charge on any atom is -0.302 e. The molecule has 0 amide bonds. The topological polar surface area (TPSA) is 34.1 Å². The molecule has 0 saturated heterocycles. The van der Waals surface area contributed by atoms with Crippen LogP contribution in [0.3, 0.4) is 0 Å². The smallest absolute Gasteiger partial charge is 0.142 e. The van der Waals surface area contributed by atoms with Crippen LogP contribution < -0.4 is 0 Å². The average Bonchev–Trinajstić information content (AvgIpc) is 3.27. The molecule has 1 saturated carbocycles. The lowest BCUT2D eigenvalue weighted by molar-refractivity contribution is -0.126. The summed E-state index contributed by atoms with van der Waals surface area (Å²) in [4.78, 5) is 24.0. The first-order chi connectivity index (χ1) is 10.4. The fourth-order valence-corrected chi connectivity index (χ4v) is 2.65. The quantitative estimate of drug-likeness (QED) is 0.436. The number of Topliss-reactive ketones (excluding diaryl/α,β-unsaturated/α-hetero) is 1. The summed E-state index contributed by atoms with van der Waals surface area (Å²) < 4.78 is 0. The minimum absolute atomic E-state index is 0.295. The van der Waals surface area contributed by atoms with E-state index in [1.165, 1.54) is 18.4 Å². The first kappa shape index (κ1) is 19.9. The molecule has 0 aromatic carbocycles. The molecule has 0 heterocycles. The first-order valence-electron chi connectivity index (χ1n) is 8.83. The molecular formula is C21H34O2. The summed E-state index contributed by atoms with van der Waals surface area (Å²) in [7, 11) is 0. The molecule has 1 aliphatic rings. The van der Waals surface area contributed by atoms with Gasteiger partial charge in [-0.15, -0.1) is 0 Å². The first-order valence-corrected chi connectivity index (χ1v) is 8.83. The van der Waals surface area contributed by atoms with E-state index < -0.39 is 10.8 Å². The minimum atomic E-state index is -0.448. The van der Waals surface area contributed by atoms with Gasteiger partial charge in [-0.3, -0.25) is 4.79 Å². The van der Waals surface area contributed by atoms with Gasteiger partial charge < -0.3 is 4.79 Å². The number of carbonyl (C=O) groups excluding carboxylic acids is 2. The molecule has 0 aromatic rings. The molecule has 1 fully saturated rings. The number of allylic oxidation sites excluding steroid dienone is 4. The summed E-state index contributed by atoms with van der Waals surface area (Å²) >= 11 is 0. The van der Waals surface area contributed by atoms with E-state index in [0.717, 1.165) is 17.4 Å². The Labute approximate surface area is 142 Å². The maximum atomic E-state index is 12.6. The van der Waals surface area contributed by atoms with Gasteiger partial charge in [0.25, 0.3) is 0 Å². The van der Waals surface area contributed by atoms with E-state index in [9.17, 15) is 9.59 Å². The van der Waals surface area contributed by atoms with E-state index in [1.807, 2.05) is 27.7 Å². The number of rotatable bonds is 8. The van der Waals surface area contributed by atoms with E-state index in [4.69, 9.17) is 0 Å². The maximum absolute atomic E-state index is 12.6. The molecule has 0 aromatic heterocycles. The van der Waals surface area contributed by atoms with Crippen LogP contribution in [0.5, 0.6) is 0 Å². The van der Waals surface area contributed by atoms with Crippen LogP contribution in [0.4, 0.5) is 0 Å². The molecule has 1 rings (SSSR count). The van der Waals surface area contributed by atoms with E-state index in [2.05, 4.69) is 33.8 Å². The Bertz CT molecular complexity index is 526. The third-order valence-electron chi connectivity index (χ3n) is 5.36. The normalized spacial score (nSPS) is 18.0. The van der Waals surface area contributed by atoms with Crippen molar-refractivity contribution in [3.05, 3.63) is 22.8 Å². The van der Waals surface area contributed by atoms with Gasteiger partial charge in [0.2, 0.25) is 0 Å². The maximum Gasteiger partial charge on any atom is 0.142 e. The number of hydrogen-bond acceptors (Lipinski definition) is 2. The second kappa shape index (κ2) is 7.15. The fourth-order valence-electron chi connectivity index (χ4n) is 2.65. The Kier molecular flexibility index (Phi) is 6.18. The van der Waals surface area contributed by atoms with E-state index in [1.54, 1.807) is 0 Å². The van der Waals surface area contributed by atoms with Gasteiger partial charge >= 0.3 is 0 Å². The predicted molar refractivity (Wildman–Crippen MR) is 97.3 cm³/mol. The van der Waals surface area contributed by atoms with Gasteiger partial charge in [-0.1, -0.05) is 31.1 Å². The molecule has 0 radical (unpaired) electrons. The van der Waals surface area contributed by atoms with Crippen LogP contribution in [-0.4, -0.2) is 12.1 Å². The van der Waals surface area contributed by atoms with Crippen LogP contribution >= 0.6 is 0 Å². The predicted octanol–water partition coefficient (Wildman–Crippen LogP) is 5.53. The van der Waals surface area contributed by atoms with Gasteiger partial charge in [0.15, 0.2) is 0 Å². The highest BCUT2D eigenvalue weighted by Gasteiger charge is 2.34. The van der Waals surface area contributed by atoms with Gasteiger partial charge in [-0.05, 0) is 71.8 Å². The third kappa shape index (κ3) is 4.89. The largest absolute Gasteiger partial charge is 0.302 e. The van der Waals surface area contributed by atoms with Gasteiger partial charge in [-0.2, -0.15) is 0 Å².